The smallest absolute Gasteiger partial charge is 0.226 e. The highest BCUT2D eigenvalue weighted by molar-refractivity contribution is 7.88. The molecule has 1 aliphatic heterocycles. The molecule has 1 heterocycles. The third-order valence-electron chi connectivity index (χ3n) is 3.14. The number of hydrogen-bond donors (Lipinski definition) is 1. The van der Waals surface area contributed by atoms with Crippen LogP contribution in [0.4, 0.5) is 0 Å². The topological polar surface area (TPSA) is 69.7 Å². The van der Waals surface area contributed by atoms with Crippen molar-refractivity contribution in [1.82, 2.24) is 14.5 Å². The maximum Gasteiger partial charge on any atom is 0.226 e. The van der Waals surface area contributed by atoms with Gasteiger partial charge in [0.25, 0.3) is 0 Å². The van der Waals surface area contributed by atoms with Crippen molar-refractivity contribution in [1.29, 1.82) is 0 Å². The molecule has 0 aromatic heterocycles. The van der Waals surface area contributed by atoms with E-state index < -0.39 is 10.0 Å². The second-order valence-electron chi connectivity index (χ2n) is 4.70. The minimum Gasteiger partial charge on any atom is -0.340 e. The lowest BCUT2D eigenvalue weighted by Gasteiger charge is -2.34. The van der Waals surface area contributed by atoms with Crippen molar-refractivity contribution in [2.75, 3.05) is 45.5 Å². The highest BCUT2D eigenvalue weighted by atomic mass is 32.2. The molecule has 6 nitrogen and oxygen atoms in total. The van der Waals surface area contributed by atoms with Crippen LogP contribution in [0.15, 0.2) is 0 Å². The quantitative estimate of drug-likeness (QED) is 0.724. The standard InChI is InChI=1S/C11H23N3O3S/c1-4-12-9-10(2)11(15)13-5-7-14(8-6-13)18(3,16)17/h10,12H,4-9H2,1-3H3. The summed E-state index contributed by atoms with van der Waals surface area (Å²) in [5.41, 5.74) is 0. The Balaban J connectivity index is 2.45. The molecule has 1 aliphatic rings. The molecular formula is C11H23N3O3S. The first kappa shape index (κ1) is 15.4. The van der Waals surface area contributed by atoms with Gasteiger partial charge in [0.15, 0.2) is 0 Å². The molecule has 1 unspecified atom stereocenters. The third kappa shape index (κ3) is 4.22. The number of sulfonamides is 1. The molecule has 1 amide bonds. The lowest BCUT2D eigenvalue weighted by Crippen LogP contribution is -2.52. The second-order valence-corrected chi connectivity index (χ2v) is 6.68. The number of carbonyl (C=O) groups is 1. The molecule has 0 aromatic rings. The number of piperazine rings is 1. The number of nitrogens with zero attached hydrogens (tertiary/aromatic N) is 2. The van der Waals surface area contributed by atoms with Gasteiger partial charge in [-0.3, -0.25) is 4.79 Å². The molecular weight excluding hydrogens is 254 g/mol. The second kappa shape index (κ2) is 6.49. The molecule has 1 atom stereocenters. The Morgan fingerprint density at radius 3 is 2.28 bits per heavy atom. The lowest BCUT2D eigenvalue weighted by molar-refractivity contribution is -0.136. The summed E-state index contributed by atoms with van der Waals surface area (Å²) in [5.74, 6) is 0.0406. The van der Waals surface area contributed by atoms with E-state index in [1.807, 2.05) is 13.8 Å². The zero-order valence-corrected chi connectivity index (χ0v) is 12.2. The van der Waals surface area contributed by atoms with Crippen molar-refractivity contribution >= 4 is 15.9 Å². The molecule has 1 fully saturated rings. The van der Waals surface area contributed by atoms with Crippen LogP contribution in [0.25, 0.3) is 0 Å². The van der Waals surface area contributed by atoms with Crippen molar-refractivity contribution < 1.29 is 13.2 Å². The summed E-state index contributed by atoms with van der Waals surface area (Å²) >= 11 is 0. The summed E-state index contributed by atoms with van der Waals surface area (Å²) < 4.78 is 24.1. The Kier molecular flexibility index (Phi) is 5.55. The van der Waals surface area contributed by atoms with E-state index in [-0.39, 0.29) is 11.8 Å². The van der Waals surface area contributed by atoms with E-state index in [1.165, 1.54) is 10.6 Å². The van der Waals surface area contributed by atoms with Gasteiger partial charge in [0.05, 0.1) is 6.26 Å². The van der Waals surface area contributed by atoms with E-state index >= 15 is 0 Å². The van der Waals surface area contributed by atoms with E-state index in [0.29, 0.717) is 32.7 Å². The Hall–Kier alpha value is -0.660. The van der Waals surface area contributed by atoms with Gasteiger partial charge in [-0.15, -0.1) is 0 Å². The predicted octanol–water partition coefficient (Wildman–Crippen LogP) is -0.664. The predicted molar refractivity (Wildman–Crippen MR) is 70.7 cm³/mol. The summed E-state index contributed by atoms with van der Waals surface area (Å²) in [4.78, 5) is 13.8. The van der Waals surface area contributed by atoms with Crippen molar-refractivity contribution in [3.05, 3.63) is 0 Å². The van der Waals surface area contributed by atoms with Crippen LogP contribution in [-0.4, -0.2) is 69.1 Å². The van der Waals surface area contributed by atoms with Crippen LogP contribution in [0.3, 0.4) is 0 Å². The summed E-state index contributed by atoms with van der Waals surface area (Å²) in [6, 6.07) is 0. The van der Waals surface area contributed by atoms with Crippen LogP contribution in [0.1, 0.15) is 13.8 Å². The molecule has 106 valence electrons. The first-order valence-electron chi connectivity index (χ1n) is 6.31. The Morgan fingerprint density at radius 2 is 1.83 bits per heavy atom. The van der Waals surface area contributed by atoms with Crippen molar-refractivity contribution in [3.63, 3.8) is 0 Å². The normalized spacial score (nSPS) is 19.8. The van der Waals surface area contributed by atoms with Crippen molar-refractivity contribution in [3.8, 4) is 0 Å². The monoisotopic (exact) mass is 277 g/mol. The van der Waals surface area contributed by atoms with Crippen LogP contribution in [0.2, 0.25) is 0 Å². The molecule has 0 bridgehead atoms. The van der Waals surface area contributed by atoms with Crippen LogP contribution >= 0.6 is 0 Å². The highest BCUT2D eigenvalue weighted by Gasteiger charge is 2.27. The molecule has 0 saturated carbocycles. The van der Waals surface area contributed by atoms with E-state index in [9.17, 15) is 13.2 Å². The lowest BCUT2D eigenvalue weighted by atomic mass is 10.1. The van der Waals surface area contributed by atoms with Crippen molar-refractivity contribution in [2.24, 2.45) is 5.92 Å². The van der Waals surface area contributed by atoms with Crippen LogP contribution < -0.4 is 5.32 Å². The van der Waals surface area contributed by atoms with Gasteiger partial charge >= 0.3 is 0 Å². The number of hydrogen-bond acceptors (Lipinski definition) is 4. The van der Waals surface area contributed by atoms with Gasteiger partial charge in [0, 0.05) is 38.6 Å². The average Bonchev–Trinajstić information content (AvgIpc) is 2.34. The fraction of sp³-hybridized carbons (Fsp3) is 0.909. The molecule has 0 radical (unpaired) electrons. The molecule has 7 heteroatoms. The van der Waals surface area contributed by atoms with Crippen LogP contribution in [-0.2, 0) is 14.8 Å². The van der Waals surface area contributed by atoms with Gasteiger partial charge in [-0.25, -0.2) is 8.42 Å². The molecule has 1 saturated heterocycles. The zero-order valence-electron chi connectivity index (χ0n) is 11.3. The summed E-state index contributed by atoms with van der Waals surface area (Å²) in [6.07, 6.45) is 1.21. The van der Waals surface area contributed by atoms with Crippen molar-refractivity contribution in [2.45, 2.75) is 13.8 Å². The van der Waals surface area contributed by atoms with E-state index in [4.69, 9.17) is 0 Å². The summed E-state index contributed by atoms with van der Waals surface area (Å²) in [5, 5.41) is 3.15. The number of nitrogens with one attached hydrogen (secondary N) is 1. The number of carbonyl (C=O) groups excluding carboxylic acids is 1. The Labute approximate surface area is 109 Å². The van der Waals surface area contributed by atoms with E-state index in [1.54, 1.807) is 4.90 Å². The van der Waals surface area contributed by atoms with Gasteiger partial charge in [0.2, 0.25) is 15.9 Å². The fourth-order valence-electron chi connectivity index (χ4n) is 2.00. The third-order valence-corrected chi connectivity index (χ3v) is 4.44. The number of rotatable bonds is 5. The summed E-state index contributed by atoms with van der Waals surface area (Å²) in [7, 11) is -3.13. The maximum absolute atomic E-state index is 12.1. The summed E-state index contributed by atoms with van der Waals surface area (Å²) in [6.45, 7) is 7.19. The minimum atomic E-state index is -3.13. The van der Waals surface area contributed by atoms with Gasteiger partial charge < -0.3 is 10.2 Å². The molecule has 0 spiro atoms. The Morgan fingerprint density at radius 1 is 1.28 bits per heavy atom. The van der Waals surface area contributed by atoms with Crippen LogP contribution in [0, 0.1) is 5.92 Å². The van der Waals surface area contributed by atoms with E-state index in [2.05, 4.69) is 5.32 Å². The van der Waals surface area contributed by atoms with Gasteiger partial charge in [-0.05, 0) is 6.54 Å². The van der Waals surface area contributed by atoms with Gasteiger partial charge in [-0.1, -0.05) is 13.8 Å². The molecule has 18 heavy (non-hydrogen) atoms. The molecule has 1 N–H and O–H groups in total. The zero-order chi connectivity index (χ0) is 13.8. The molecule has 0 aliphatic carbocycles. The SMILES string of the molecule is CCNCC(C)C(=O)N1CCN(S(C)(=O)=O)CC1. The Bertz CT molecular complexity index is 375. The first-order valence-corrected chi connectivity index (χ1v) is 8.15. The van der Waals surface area contributed by atoms with Crippen LogP contribution in [0.5, 0.6) is 0 Å². The maximum atomic E-state index is 12.1. The van der Waals surface area contributed by atoms with Gasteiger partial charge in [0.1, 0.15) is 0 Å². The van der Waals surface area contributed by atoms with E-state index in [0.717, 1.165) is 6.54 Å². The molecule has 1 rings (SSSR count). The molecule has 0 aromatic carbocycles. The number of amides is 1. The van der Waals surface area contributed by atoms with Gasteiger partial charge in [-0.2, -0.15) is 4.31 Å². The largest absolute Gasteiger partial charge is 0.340 e. The first-order chi connectivity index (χ1) is 8.36. The highest BCUT2D eigenvalue weighted by Crippen LogP contribution is 2.09. The average molecular weight is 277 g/mol. The minimum absolute atomic E-state index is 0.0604. The fourth-order valence-corrected chi connectivity index (χ4v) is 2.83.